The van der Waals surface area contributed by atoms with Crippen LogP contribution in [0.3, 0.4) is 0 Å². The number of benzene rings is 1. The molecule has 0 radical (unpaired) electrons. The largest absolute Gasteiger partial charge is 0.273 e. The van der Waals surface area contributed by atoms with E-state index in [0.717, 1.165) is 27.7 Å². The van der Waals surface area contributed by atoms with E-state index in [-0.39, 0.29) is 11.9 Å². The first-order valence-corrected chi connectivity index (χ1v) is 8.42. The van der Waals surface area contributed by atoms with Gasteiger partial charge >= 0.3 is 0 Å². The third kappa shape index (κ3) is 2.43. The van der Waals surface area contributed by atoms with Gasteiger partial charge in [0.2, 0.25) is 5.91 Å². The number of nitrogens with zero attached hydrogens (tertiary/aromatic N) is 3. The molecule has 1 aliphatic rings. The smallest absolute Gasteiger partial charge is 0.240 e. The lowest BCUT2D eigenvalue weighted by Crippen LogP contribution is -2.24. The standard InChI is InChI=1S/C18H15N3OS/c1-12(22)21-17(10-16(20-21)14-7-9-23-11-14)15-6-2-4-13-5-3-8-19-18(13)15/h2-9,11,17H,10H2,1H3. The molecule has 1 aromatic carbocycles. The number of fused-ring (bicyclic) bond motifs is 1. The zero-order valence-electron chi connectivity index (χ0n) is 12.6. The fourth-order valence-electron chi connectivity index (χ4n) is 3.04. The van der Waals surface area contributed by atoms with Crippen LogP contribution in [0.25, 0.3) is 10.9 Å². The molecule has 2 aromatic heterocycles. The molecule has 23 heavy (non-hydrogen) atoms. The summed E-state index contributed by atoms with van der Waals surface area (Å²) in [7, 11) is 0. The number of carbonyl (C=O) groups excluding carboxylic acids is 1. The van der Waals surface area contributed by atoms with Gasteiger partial charge in [-0.05, 0) is 22.9 Å². The van der Waals surface area contributed by atoms with Gasteiger partial charge in [0.25, 0.3) is 0 Å². The fourth-order valence-corrected chi connectivity index (χ4v) is 3.71. The van der Waals surface area contributed by atoms with Crippen LogP contribution in [-0.4, -0.2) is 21.6 Å². The number of carbonyl (C=O) groups is 1. The lowest BCUT2D eigenvalue weighted by molar-refractivity contribution is -0.130. The highest BCUT2D eigenvalue weighted by molar-refractivity contribution is 7.08. The molecule has 1 amide bonds. The van der Waals surface area contributed by atoms with Gasteiger partial charge in [0, 0.05) is 36.1 Å². The molecular weight excluding hydrogens is 306 g/mol. The molecule has 1 unspecified atom stereocenters. The van der Waals surface area contributed by atoms with Crippen LogP contribution >= 0.6 is 11.3 Å². The highest BCUT2D eigenvalue weighted by atomic mass is 32.1. The maximum Gasteiger partial charge on any atom is 0.240 e. The van der Waals surface area contributed by atoms with E-state index in [9.17, 15) is 4.79 Å². The minimum Gasteiger partial charge on any atom is -0.273 e. The topological polar surface area (TPSA) is 45.6 Å². The first-order valence-electron chi connectivity index (χ1n) is 7.47. The first-order chi connectivity index (χ1) is 11.2. The third-order valence-corrected chi connectivity index (χ3v) is 4.79. The van der Waals surface area contributed by atoms with Crippen molar-refractivity contribution < 1.29 is 4.79 Å². The van der Waals surface area contributed by atoms with E-state index in [4.69, 9.17) is 0 Å². The molecule has 0 aliphatic carbocycles. The number of hydrazone groups is 1. The Morgan fingerprint density at radius 1 is 1.26 bits per heavy atom. The summed E-state index contributed by atoms with van der Waals surface area (Å²) < 4.78 is 0. The molecule has 5 heteroatoms. The fraction of sp³-hybridized carbons (Fsp3) is 0.167. The van der Waals surface area contributed by atoms with Gasteiger partial charge in [0.1, 0.15) is 0 Å². The van der Waals surface area contributed by atoms with E-state index in [2.05, 4.69) is 15.5 Å². The van der Waals surface area contributed by atoms with E-state index in [1.807, 2.05) is 41.8 Å². The SMILES string of the molecule is CC(=O)N1N=C(c2ccsc2)CC1c1cccc2cccnc12. The van der Waals surface area contributed by atoms with Crippen molar-refractivity contribution >= 4 is 33.9 Å². The predicted octanol–water partition coefficient (Wildman–Crippen LogP) is 3.99. The summed E-state index contributed by atoms with van der Waals surface area (Å²) >= 11 is 1.64. The summed E-state index contributed by atoms with van der Waals surface area (Å²) in [6, 6.07) is 12.0. The molecule has 1 atom stereocenters. The summed E-state index contributed by atoms with van der Waals surface area (Å²) in [6.07, 6.45) is 2.51. The Kier molecular flexibility index (Phi) is 3.42. The molecule has 0 N–H and O–H groups in total. The summed E-state index contributed by atoms with van der Waals surface area (Å²) in [5, 5.41) is 11.3. The number of thiophene rings is 1. The molecule has 0 saturated heterocycles. The van der Waals surface area contributed by atoms with Gasteiger partial charge in [-0.2, -0.15) is 16.4 Å². The van der Waals surface area contributed by atoms with Crippen LogP contribution in [0.2, 0.25) is 0 Å². The summed E-state index contributed by atoms with van der Waals surface area (Å²) in [5.41, 5.74) is 4.04. The van der Waals surface area contributed by atoms with Gasteiger partial charge in [-0.15, -0.1) is 0 Å². The quantitative estimate of drug-likeness (QED) is 0.716. The average Bonchev–Trinajstić information content (AvgIpc) is 3.23. The second kappa shape index (κ2) is 5.59. The van der Waals surface area contributed by atoms with Crippen molar-refractivity contribution in [1.29, 1.82) is 0 Å². The Bertz CT molecular complexity index is 896. The van der Waals surface area contributed by atoms with Crippen molar-refractivity contribution in [3.8, 4) is 0 Å². The number of hydrogen-bond donors (Lipinski definition) is 0. The van der Waals surface area contributed by atoms with Gasteiger partial charge in [-0.25, -0.2) is 5.01 Å². The third-order valence-electron chi connectivity index (χ3n) is 4.11. The molecule has 3 aromatic rings. The van der Waals surface area contributed by atoms with Gasteiger partial charge in [-0.1, -0.05) is 24.3 Å². The minimum atomic E-state index is -0.0963. The predicted molar refractivity (Wildman–Crippen MR) is 92.5 cm³/mol. The zero-order valence-corrected chi connectivity index (χ0v) is 13.5. The van der Waals surface area contributed by atoms with Crippen molar-refractivity contribution in [3.05, 3.63) is 64.5 Å². The molecule has 1 aliphatic heterocycles. The number of rotatable bonds is 2. The monoisotopic (exact) mass is 321 g/mol. The lowest BCUT2D eigenvalue weighted by Gasteiger charge is -2.21. The van der Waals surface area contributed by atoms with Crippen LogP contribution in [-0.2, 0) is 4.79 Å². The molecule has 4 nitrogen and oxygen atoms in total. The average molecular weight is 321 g/mol. The second-order valence-electron chi connectivity index (χ2n) is 5.56. The van der Waals surface area contributed by atoms with E-state index in [0.29, 0.717) is 6.42 Å². The summed E-state index contributed by atoms with van der Waals surface area (Å²) in [4.78, 5) is 16.6. The number of para-hydroxylation sites is 1. The Morgan fingerprint density at radius 3 is 2.91 bits per heavy atom. The molecule has 0 spiro atoms. The highest BCUT2D eigenvalue weighted by Gasteiger charge is 2.32. The van der Waals surface area contributed by atoms with Gasteiger partial charge in [0.15, 0.2) is 0 Å². The number of amides is 1. The van der Waals surface area contributed by atoms with Gasteiger partial charge < -0.3 is 0 Å². The maximum atomic E-state index is 12.1. The van der Waals surface area contributed by atoms with Crippen molar-refractivity contribution in [2.24, 2.45) is 5.10 Å². The molecule has 0 fully saturated rings. The number of aromatic nitrogens is 1. The Hall–Kier alpha value is -2.53. The van der Waals surface area contributed by atoms with Crippen molar-refractivity contribution in [3.63, 3.8) is 0 Å². The van der Waals surface area contributed by atoms with Crippen LogP contribution in [0.1, 0.15) is 30.5 Å². The van der Waals surface area contributed by atoms with E-state index < -0.39 is 0 Å². The van der Waals surface area contributed by atoms with E-state index in [1.165, 1.54) is 0 Å². The summed E-state index contributed by atoms with van der Waals surface area (Å²) in [6.45, 7) is 1.56. The van der Waals surface area contributed by atoms with Gasteiger partial charge in [0.05, 0.1) is 17.3 Å². The van der Waals surface area contributed by atoms with Crippen LogP contribution in [0.5, 0.6) is 0 Å². The summed E-state index contributed by atoms with van der Waals surface area (Å²) in [5.74, 6) is -0.0480. The molecule has 4 rings (SSSR count). The first kappa shape index (κ1) is 14.1. The number of pyridine rings is 1. The Morgan fingerprint density at radius 2 is 2.13 bits per heavy atom. The van der Waals surface area contributed by atoms with Crippen LogP contribution in [0.15, 0.2) is 58.5 Å². The van der Waals surface area contributed by atoms with E-state index in [1.54, 1.807) is 29.5 Å². The van der Waals surface area contributed by atoms with Crippen LogP contribution in [0.4, 0.5) is 0 Å². The number of hydrogen-bond acceptors (Lipinski definition) is 4. The highest BCUT2D eigenvalue weighted by Crippen LogP contribution is 2.35. The maximum absolute atomic E-state index is 12.1. The Balaban J connectivity index is 1.80. The molecule has 0 bridgehead atoms. The van der Waals surface area contributed by atoms with Gasteiger partial charge in [-0.3, -0.25) is 9.78 Å². The Labute approximate surface area is 138 Å². The van der Waals surface area contributed by atoms with E-state index >= 15 is 0 Å². The van der Waals surface area contributed by atoms with Crippen molar-refractivity contribution in [2.45, 2.75) is 19.4 Å². The molecule has 0 saturated carbocycles. The minimum absolute atomic E-state index is 0.0480. The molecule has 3 heterocycles. The normalized spacial score (nSPS) is 17.5. The van der Waals surface area contributed by atoms with Crippen LogP contribution in [0, 0.1) is 0 Å². The lowest BCUT2D eigenvalue weighted by atomic mass is 9.97. The second-order valence-corrected chi connectivity index (χ2v) is 6.34. The van der Waals surface area contributed by atoms with Crippen molar-refractivity contribution in [1.82, 2.24) is 9.99 Å². The molecular formula is C18H15N3OS. The zero-order chi connectivity index (χ0) is 15.8. The van der Waals surface area contributed by atoms with Crippen LogP contribution < -0.4 is 0 Å². The van der Waals surface area contributed by atoms with Crippen molar-refractivity contribution in [2.75, 3.05) is 0 Å². The molecule has 114 valence electrons.